The molecule has 11 aromatic rings. The molecule has 1 radical (unpaired) electrons. The first-order valence-corrected chi connectivity index (χ1v) is 22.1. The van der Waals surface area contributed by atoms with Crippen molar-refractivity contribution in [1.82, 2.24) is 19.5 Å². The first-order chi connectivity index (χ1) is 31.9. The fraction of sp³-hybridized carbons (Fsp3) is 0.0345. The van der Waals surface area contributed by atoms with Crippen molar-refractivity contribution in [3.05, 3.63) is 230 Å². The van der Waals surface area contributed by atoms with Crippen molar-refractivity contribution >= 4 is 49.0 Å². The second kappa shape index (κ2) is 20.9. The van der Waals surface area contributed by atoms with Gasteiger partial charge in [-0.15, -0.1) is 23.6 Å². The van der Waals surface area contributed by atoms with Gasteiger partial charge in [0.25, 0.3) is 0 Å². The molecule has 1 N–H and O–H groups in total. The van der Waals surface area contributed by atoms with Crippen LogP contribution in [0.25, 0.3) is 93.2 Å². The van der Waals surface area contributed by atoms with Crippen molar-refractivity contribution < 1.29 is 30.0 Å². The zero-order chi connectivity index (χ0) is 44.5. The van der Waals surface area contributed by atoms with Crippen LogP contribution in [0.3, 0.4) is 0 Å². The van der Waals surface area contributed by atoms with Gasteiger partial charge < -0.3 is 14.7 Å². The molecule has 0 unspecified atom stereocenters. The number of carbonyl (C=O) groups is 1. The molecule has 323 valence electrons. The summed E-state index contributed by atoms with van der Waals surface area (Å²) in [5.41, 5.74) is 11.9. The standard InChI is InChI=1S/C40H27N3.C13H8NS.C5H8O2.Ir/c1-3-11-30(12-4-1)36-27-37(42-40(41-36)32-13-5-2-6-14-32)31-21-19-28(20-22-31)29-23-25-33(26-24-29)43-38-17-9-7-15-34(38)35-16-8-10-18-39(35)43;1-2-7-12-10(5-1)9-13(15-12)11-6-3-4-8-14-11;1-4(6)3-5(2)7;/h1-27H;1-8H;3,6H,1-2H3;/q;-1;;. The maximum absolute atomic E-state index is 10.0. The molecule has 0 aliphatic rings. The van der Waals surface area contributed by atoms with E-state index in [0.717, 1.165) is 55.7 Å². The zero-order valence-electron chi connectivity index (χ0n) is 36.2. The Bertz CT molecular complexity index is 3260. The van der Waals surface area contributed by atoms with E-state index >= 15 is 0 Å². The fourth-order valence-electron chi connectivity index (χ4n) is 7.73. The van der Waals surface area contributed by atoms with Crippen molar-refractivity contribution in [2.75, 3.05) is 0 Å². The Balaban J connectivity index is 0.000000212. The normalized spacial score (nSPS) is 11.0. The molecule has 0 spiro atoms. The van der Waals surface area contributed by atoms with Crippen molar-refractivity contribution in [3.63, 3.8) is 0 Å². The van der Waals surface area contributed by atoms with Gasteiger partial charge in [0.1, 0.15) is 0 Å². The first-order valence-electron chi connectivity index (χ1n) is 21.3. The van der Waals surface area contributed by atoms with E-state index < -0.39 is 0 Å². The van der Waals surface area contributed by atoms with Gasteiger partial charge in [-0.3, -0.25) is 4.79 Å². The van der Waals surface area contributed by atoms with Gasteiger partial charge in [0.2, 0.25) is 0 Å². The SMILES string of the molecule is CC(=O)C=C(C)O.[Ir].[c-]1c(-c2ccccn2)sc2ccccc12.c1ccc(-c2cc(-c3ccc(-c4ccc(-n5c6ccccc6c6ccccc65)cc4)cc3)nc(-c3ccccc3)n2)cc1. The molecule has 8 heteroatoms. The number of fused-ring (bicyclic) bond motifs is 4. The molecule has 4 aromatic heterocycles. The molecule has 6 nitrogen and oxygen atoms in total. The van der Waals surface area contributed by atoms with Gasteiger partial charge in [-0.2, -0.15) is 0 Å². The van der Waals surface area contributed by atoms with Crippen LogP contribution in [-0.4, -0.2) is 30.4 Å². The average Bonchev–Trinajstić information content (AvgIpc) is 3.95. The summed E-state index contributed by atoms with van der Waals surface area (Å²) in [7, 11) is 0. The Morgan fingerprint density at radius 1 is 0.545 bits per heavy atom. The number of allylic oxidation sites excluding steroid dienone is 2. The summed E-state index contributed by atoms with van der Waals surface area (Å²) in [4.78, 5) is 25.3. The smallest absolute Gasteiger partial charge is 0.160 e. The Morgan fingerprint density at radius 3 is 1.59 bits per heavy atom. The number of benzene rings is 7. The van der Waals surface area contributed by atoms with Crippen molar-refractivity contribution in [2.45, 2.75) is 13.8 Å². The third-order valence-corrected chi connectivity index (χ3v) is 11.8. The third kappa shape index (κ3) is 10.3. The molecule has 4 heterocycles. The number of para-hydroxylation sites is 2. The van der Waals surface area contributed by atoms with E-state index in [9.17, 15) is 4.79 Å². The monoisotopic (exact) mass is 1050 g/mol. The first kappa shape index (κ1) is 45.0. The van der Waals surface area contributed by atoms with E-state index in [1.807, 2.05) is 66.9 Å². The second-order valence-electron chi connectivity index (χ2n) is 15.4. The largest absolute Gasteiger partial charge is 0.512 e. The molecule has 7 aromatic carbocycles. The molecule has 0 bridgehead atoms. The van der Waals surface area contributed by atoms with Crippen LogP contribution in [0, 0.1) is 6.07 Å². The maximum atomic E-state index is 10.0. The summed E-state index contributed by atoms with van der Waals surface area (Å²) in [6.07, 6.45) is 2.98. The number of hydrogen-bond donors (Lipinski definition) is 1. The minimum Gasteiger partial charge on any atom is -0.512 e. The average molecular weight is 1050 g/mol. The Morgan fingerprint density at radius 2 is 1.05 bits per heavy atom. The van der Waals surface area contributed by atoms with E-state index in [0.29, 0.717) is 0 Å². The summed E-state index contributed by atoms with van der Waals surface area (Å²) < 4.78 is 3.61. The molecule has 11 rings (SSSR count). The minimum absolute atomic E-state index is 0. The Kier molecular flexibility index (Phi) is 14.3. The van der Waals surface area contributed by atoms with Crippen LogP contribution in [0.1, 0.15) is 13.8 Å². The van der Waals surface area contributed by atoms with Gasteiger partial charge in [0.15, 0.2) is 11.6 Å². The van der Waals surface area contributed by atoms with E-state index in [1.54, 1.807) is 11.3 Å². The number of aliphatic hydroxyl groups excluding tert-OH is 1. The predicted octanol–water partition coefficient (Wildman–Crippen LogP) is 15.0. The molecule has 0 fully saturated rings. The predicted molar refractivity (Wildman–Crippen MR) is 269 cm³/mol. The number of hydrogen-bond acceptors (Lipinski definition) is 6. The topological polar surface area (TPSA) is 80.9 Å². The van der Waals surface area contributed by atoms with E-state index in [-0.39, 0.29) is 31.6 Å². The van der Waals surface area contributed by atoms with E-state index in [1.165, 1.54) is 57.4 Å². The quantitative estimate of drug-likeness (QED) is 0.0977. The maximum Gasteiger partial charge on any atom is 0.160 e. The summed E-state index contributed by atoms with van der Waals surface area (Å²) in [6.45, 7) is 2.85. The van der Waals surface area contributed by atoms with Crippen LogP contribution in [0.2, 0.25) is 0 Å². The number of nitrogens with zero attached hydrogens (tertiary/aromatic N) is 4. The second-order valence-corrected chi connectivity index (χ2v) is 16.4. The minimum atomic E-state index is -0.125. The molecular formula is C58H43IrN4O2S-. The van der Waals surface area contributed by atoms with E-state index in [2.05, 4.69) is 161 Å². The van der Waals surface area contributed by atoms with Gasteiger partial charge >= 0.3 is 0 Å². The molecular weight excluding hydrogens is 1010 g/mol. The summed E-state index contributed by atoms with van der Waals surface area (Å²) in [5.74, 6) is 0.661. The zero-order valence-corrected chi connectivity index (χ0v) is 39.4. The summed E-state index contributed by atoms with van der Waals surface area (Å²) >= 11 is 1.73. The molecule has 0 amide bonds. The van der Waals surface area contributed by atoms with Gasteiger partial charge in [-0.05, 0) is 70.9 Å². The van der Waals surface area contributed by atoms with E-state index in [4.69, 9.17) is 15.1 Å². The molecule has 0 aliphatic heterocycles. The summed E-state index contributed by atoms with van der Waals surface area (Å²) in [6, 6.07) is 74.9. The van der Waals surface area contributed by atoms with Crippen molar-refractivity contribution in [2.24, 2.45) is 0 Å². The van der Waals surface area contributed by atoms with Crippen LogP contribution in [0.5, 0.6) is 0 Å². The van der Waals surface area contributed by atoms with Crippen LogP contribution >= 0.6 is 11.3 Å². The molecule has 0 aliphatic carbocycles. The third-order valence-electron chi connectivity index (χ3n) is 10.7. The Hall–Kier alpha value is -7.61. The number of pyridine rings is 1. The number of carbonyl (C=O) groups excluding carboxylic acids is 1. The fourth-order valence-corrected chi connectivity index (χ4v) is 8.71. The molecule has 66 heavy (non-hydrogen) atoms. The number of rotatable bonds is 7. The number of ketones is 1. The summed E-state index contributed by atoms with van der Waals surface area (Å²) in [5, 5.41) is 12.1. The van der Waals surface area contributed by atoms with Gasteiger partial charge in [0.05, 0.1) is 28.2 Å². The molecule has 0 atom stereocenters. The van der Waals surface area contributed by atoms with Crippen LogP contribution < -0.4 is 0 Å². The van der Waals surface area contributed by atoms with Gasteiger partial charge in [0, 0.05) is 71.2 Å². The van der Waals surface area contributed by atoms with Crippen LogP contribution in [-0.2, 0) is 24.9 Å². The molecule has 0 saturated carbocycles. The van der Waals surface area contributed by atoms with Crippen molar-refractivity contribution in [1.29, 1.82) is 0 Å². The number of thiophene rings is 1. The number of aromatic nitrogens is 4. The van der Waals surface area contributed by atoms with Crippen LogP contribution in [0.4, 0.5) is 0 Å². The Labute approximate surface area is 401 Å². The van der Waals surface area contributed by atoms with Gasteiger partial charge in [-0.1, -0.05) is 158 Å². The van der Waals surface area contributed by atoms with Crippen molar-refractivity contribution in [3.8, 4) is 61.3 Å². The number of aliphatic hydroxyl groups is 1. The van der Waals surface area contributed by atoms with Crippen LogP contribution in [0.15, 0.2) is 224 Å². The van der Waals surface area contributed by atoms with Gasteiger partial charge in [-0.25, -0.2) is 21.3 Å². The molecule has 0 saturated heterocycles.